The third-order valence-corrected chi connectivity index (χ3v) is 4.55. The first-order chi connectivity index (χ1) is 9.99. The van der Waals surface area contributed by atoms with Crippen molar-refractivity contribution in [2.24, 2.45) is 0 Å². The molecule has 1 atom stereocenters. The second-order valence-electron chi connectivity index (χ2n) is 6.30. The van der Waals surface area contributed by atoms with Crippen LogP contribution in [0.2, 0.25) is 0 Å². The predicted octanol–water partition coefficient (Wildman–Crippen LogP) is 4.69. The summed E-state index contributed by atoms with van der Waals surface area (Å²) in [6.45, 7) is 8.60. The minimum absolute atomic E-state index is 0.110. The highest BCUT2D eigenvalue weighted by atomic mass is 16.5. The van der Waals surface area contributed by atoms with Crippen LogP contribution in [-0.4, -0.2) is 0 Å². The van der Waals surface area contributed by atoms with Crippen molar-refractivity contribution in [3.63, 3.8) is 0 Å². The molecule has 0 aliphatic carbocycles. The van der Waals surface area contributed by atoms with Crippen LogP contribution < -0.4 is 10.5 Å². The second-order valence-corrected chi connectivity index (χ2v) is 6.30. The van der Waals surface area contributed by atoms with E-state index in [9.17, 15) is 0 Å². The first-order valence-corrected chi connectivity index (χ1v) is 7.63. The molecule has 0 radical (unpaired) electrons. The van der Waals surface area contributed by atoms with Gasteiger partial charge < -0.3 is 10.5 Å². The molecule has 3 rings (SSSR count). The van der Waals surface area contributed by atoms with Crippen molar-refractivity contribution in [1.29, 1.82) is 0 Å². The van der Waals surface area contributed by atoms with Crippen molar-refractivity contribution in [3.8, 4) is 5.75 Å². The lowest BCUT2D eigenvalue weighted by atomic mass is 9.91. The number of anilines is 1. The third-order valence-electron chi connectivity index (χ3n) is 4.55. The van der Waals surface area contributed by atoms with E-state index in [1.54, 1.807) is 0 Å². The maximum Gasteiger partial charge on any atom is 0.128 e. The van der Waals surface area contributed by atoms with Crippen molar-refractivity contribution < 1.29 is 4.74 Å². The largest absolute Gasteiger partial charge is 0.485 e. The first kappa shape index (κ1) is 14.0. The van der Waals surface area contributed by atoms with Gasteiger partial charge in [-0.15, -0.1) is 0 Å². The second kappa shape index (κ2) is 5.10. The molecule has 0 fully saturated rings. The molecule has 0 aromatic heterocycles. The lowest BCUT2D eigenvalue weighted by molar-refractivity contribution is 0.237. The Morgan fingerprint density at radius 1 is 1.19 bits per heavy atom. The van der Waals surface area contributed by atoms with Crippen LogP contribution in [0.4, 0.5) is 5.69 Å². The number of ether oxygens (including phenoxy) is 1. The Kier molecular flexibility index (Phi) is 3.40. The summed E-state index contributed by atoms with van der Waals surface area (Å²) in [5.41, 5.74) is 13.3. The first-order valence-electron chi connectivity index (χ1n) is 7.63. The summed E-state index contributed by atoms with van der Waals surface area (Å²) in [5, 5.41) is 0. The van der Waals surface area contributed by atoms with Crippen LogP contribution in [-0.2, 0) is 6.42 Å². The maximum absolute atomic E-state index is 6.24. The Balaban J connectivity index is 2.01. The Morgan fingerprint density at radius 3 is 2.62 bits per heavy atom. The van der Waals surface area contributed by atoms with E-state index in [2.05, 4.69) is 51.1 Å². The molecule has 110 valence electrons. The van der Waals surface area contributed by atoms with Crippen molar-refractivity contribution in [2.75, 3.05) is 5.73 Å². The Bertz CT molecular complexity index is 688. The van der Waals surface area contributed by atoms with Crippen LogP contribution >= 0.6 is 0 Å². The molecule has 0 amide bonds. The zero-order chi connectivity index (χ0) is 15.1. The predicted molar refractivity (Wildman–Crippen MR) is 87.9 cm³/mol. The fraction of sp³-hybridized carbons (Fsp3) is 0.368. The van der Waals surface area contributed by atoms with Crippen molar-refractivity contribution in [3.05, 3.63) is 58.1 Å². The molecule has 2 N–H and O–H groups in total. The Morgan fingerprint density at radius 2 is 1.90 bits per heavy atom. The van der Waals surface area contributed by atoms with E-state index in [1.807, 2.05) is 6.92 Å². The number of rotatable bonds is 2. The number of fused-ring (bicyclic) bond motifs is 1. The Labute approximate surface area is 126 Å². The number of nitrogens with two attached hydrogens (primary N) is 1. The van der Waals surface area contributed by atoms with Gasteiger partial charge in [-0.05, 0) is 48.1 Å². The molecule has 21 heavy (non-hydrogen) atoms. The van der Waals surface area contributed by atoms with Crippen LogP contribution in [0.3, 0.4) is 0 Å². The van der Waals surface area contributed by atoms with Crippen LogP contribution in [0.15, 0.2) is 30.3 Å². The zero-order valence-corrected chi connectivity index (χ0v) is 13.2. The van der Waals surface area contributed by atoms with Gasteiger partial charge in [-0.2, -0.15) is 0 Å². The van der Waals surface area contributed by atoms with Crippen molar-refractivity contribution in [2.45, 2.75) is 46.1 Å². The highest BCUT2D eigenvalue weighted by Crippen LogP contribution is 2.42. The molecule has 2 nitrogen and oxygen atoms in total. The van der Waals surface area contributed by atoms with E-state index in [0.717, 1.165) is 23.4 Å². The van der Waals surface area contributed by atoms with E-state index in [1.165, 1.54) is 22.3 Å². The smallest absolute Gasteiger partial charge is 0.128 e. The van der Waals surface area contributed by atoms with Crippen LogP contribution in [0, 0.1) is 13.8 Å². The van der Waals surface area contributed by atoms with Gasteiger partial charge in [-0.1, -0.05) is 38.1 Å². The van der Waals surface area contributed by atoms with E-state index < -0.39 is 0 Å². The van der Waals surface area contributed by atoms with Gasteiger partial charge in [-0.25, -0.2) is 0 Å². The summed E-state index contributed by atoms with van der Waals surface area (Å²) in [4.78, 5) is 0. The summed E-state index contributed by atoms with van der Waals surface area (Å²) in [7, 11) is 0. The van der Waals surface area contributed by atoms with E-state index in [-0.39, 0.29) is 6.10 Å². The van der Waals surface area contributed by atoms with E-state index in [4.69, 9.17) is 10.5 Å². The monoisotopic (exact) mass is 281 g/mol. The van der Waals surface area contributed by atoms with Crippen LogP contribution in [0.25, 0.3) is 0 Å². The Hall–Kier alpha value is -1.96. The molecule has 0 bridgehead atoms. The fourth-order valence-corrected chi connectivity index (χ4v) is 3.25. The normalized spacial score (nSPS) is 16.9. The van der Waals surface area contributed by atoms with Gasteiger partial charge in [0.05, 0.1) is 0 Å². The molecular weight excluding hydrogens is 258 g/mol. The molecule has 1 aliphatic heterocycles. The number of nitrogen functional groups attached to an aromatic ring is 1. The molecule has 1 heterocycles. The molecule has 0 saturated carbocycles. The molecule has 2 aromatic rings. The van der Waals surface area contributed by atoms with Gasteiger partial charge in [0.1, 0.15) is 11.9 Å². The topological polar surface area (TPSA) is 35.2 Å². The minimum atomic E-state index is 0.110. The fourth-order valence-electron chi connectivity index (χ4n) is 3.25. The molecule has 2 aromatic carbocycles. The molecule has 0 spiro atoms. The molecule has 1 unspecified atom stereocenters. The lowest BCUT2D eigenvalue weighted by Gasteiger charge is -2.18. The van der Waals surface area contributed by atoms with Crippen molar-refractivity contribution in [1.82, 2.24) is 0 Å². The quantitative estimate of drug-likeness (QED) is 0.811. The lowest BCUT2D eigenvalue weighted by Crippen LogP contribution is -2.07. The van der Waals surface area contributed by atoms with E-state index in [0.29, 0.717) is 5.92 Å². The SMILES string of the molecule is Cc1cc2c(c(C)c1N)CC(c1ccccc1C(C)C)O2. The molecular formula is C19H23NO. The van der Waals surface area contributed by atoms with Crippen LogP contribution in [0.5, 0.6) is 5.75 Å². The van der Waals surface area contributed by atoms with Gasteiger partial charge in [-0.3, -0.25) is 0 Å². The molecule has 2 heteroatoms. The van der Waals surface area contributed by atoms with Gasteiger partial charge in [0.2, 0.25) is 0 Å². The van der Waals surface area contributed by atoms with E-state index >= 15 is 0 Å². The summed E-state index contributed by atoms with van der Waals surface area (Å²) < 4.78 is 6.24. The molecule has 1 aliphatic rings. The zero-order valence-electron chi connectivity index (χ0n) is 13.2. The number of hydrogen-bond acceptors (Lipinski definition) is 2. The summed E-state index contributed by atoms with van der Waals surface area (Å²) in [6.07, 6.45) is 1.02. The highest BCUT2D eigenvalue weighted by molar-refractivity contribution is 5.62. The average molecular weight is 281 g/mol. The third kappa shape index (κ3) is 2.29. The van der Waals surface area contributed by atoms with Gasteiger partial charge in [0.15, 0.2) is 0 Å². The highest BCUT2D eigenvalue weighted by Gasteiger charge is 2.29. The standard InChI is InChI=1S/C19H23NO/c1-11(2)14-7-5-6-8-15(14)18-10-16-13(4)19(20)12(3)9-17(16)21-18/h5-9,11,18H,10,20H2,1-4H3. The number of hydrogen-bond donors (Lipinski definition) is 1. The minimum Gasteiger partial charge on any atom is -0.485 e. The van der Waals surface area contributed by atoms with Gasteiger partial charge in [0, 0.05) is 17.7 Å². The molecule has 0 saturated heterocycles. The van der Waals surface area contributed by atoms with Crippen LogP contribution in [0.1, 0.15) is 53.7 Å². The van der Waals surface area contributed by atoms with Gasteiger partial charge in [0.25, 0.3) is 0 Å². The summed E-state index contributed by atoms with van der Waals surface area (Å²) in [6, 6.07) is 10.7. The van der Waals surface area contributed by atoms with Crippen molar-refractivity contribution >= 4 is 5.69 Å². The average Bonchev–Trinajstić information content (AvgIpc) is 2.88. The maximum atomic E-state index is 6.24. The summed E-state index contributed by atoms with van der Waals surface area (Å²) in [5.74, 6) is 1.50. The van der Waals surface area contributed by atoms with Gasteiger partial charge >= 0.3 is 0 Å². The number of aryl methyl sites for hydroxylation is 1. The summed E-state index contributed by atoms with van der Waals surface area (Å²) >= 11 is 0. The number of benzene rings is 2.